The molecule has 6 nitrogen and oxygen atoms in total. The van der Waals surface area contributed by atoms with Gasteiger partial charge >= 0.3 is 0 Å². The molecule has 2 saturated heterocycles. The zero-order chi connectivity index (χ0) is 16.2. The molecule has 1 atom stereocenters. The van der Waals surface area contributed by atoms with Crippen molar-refractivity contribution < 1.29 is 14.4 Å². The maximum atomic E-state index is 12.2. The first-order chi connectivity index (χ1) is 11.1. The van der Waals surface area contributed by atoms with Crippen molar-refractivity contribution in [1.29, 1.82) is 0 Å². The molecule has 0 radical (unpaired) electrons. The molecule has 3 rings (SSSR count). The SMILES string of the molecule is O=C(N[C@H]1CCCNC1)c1ccc(CN2C(=O)CCC2=O)cc1. The monoisotopic (exact) mass is 315 g/mol. The first-order valence-electron chi connectivity index (χ1n) is 8.07. The Morgan fingerprint density at radius 2 is 1.87 bits per heavy atom. The third kappa shape index (κ3) is 3.76. The number of hydrogen-bond donors (Lipinski definition) is 2. The first kappa shape index (κ1) is 15.7. The highest BCUT2D eigenvalue weighted by atomic mass is 16.2. The van der Waals surface area contributed by atoms with Gasteiger partial charge in [0.1, 0.15) is 0 Å². The van der Waals surface area contributed by atoms with Crippen LogP contribution >= 0.6 is 0 Å². The first-order valence-corrected chi connectivity index (χ1v) is 8.07. The molecule has 2 heterocycles. The lowest BCUT2D eigenvalue weighted by Gasteiger charge is -2.23. The van der Waals surface area contributed by atoms with Crippen LogP contribution < -0.4 is 10.6 Å². The number of likely N-dealkylation sites (tertiary alicyclic amines) is 1. The molecular formula is C17H21N3O3. The van der Waals surface area contributed by atoms with Gasteiger partial charge in [0.05, 0.1) is 6.54 Å². The smallest absolute Gasteiger partial charge is 0.251 e. The summed E-state index contributed by atoms with van der Waals surface area (Å²) in [5.74, 6) is -0.332. The van der Waals surface area contributed by atoms with E-state index in [1.54, 1.807) is 24.3 Å². The van der Waals surface area contributed by atoms with Gasteiger partial charge in [-0.3, -0.25) is 19.3 Å². The van der Waals surface area contributed by atoms with Gasteiger partial charge in [0.15, 0.2) is 0 Å². The number of imide groups is 1. The van der Waals surface area contributed by atoms with E-state index >= 15 is 0 Å². The third-order valence-corrected chi connectivity index (χ3v) is 4.34. The molecule has 0 bridgehead atoms. The molecule has 122 valence electrons. The number of amides is 3. The number of nitrogens with zero attached hydrogens (tertiary/aromatic N) is 1. The van der Waals surface area contributed by atoms with Gasteiger partial charge in [0.25, 0.3) is 5.91 Å². The maximum absolute atomic E-state index is 12.2. The normalized spacial score (nSPS) is 21.6. The van der Waals surface area contributed by atoms with Crippen LogP contribution in [-0.4, -0.2) is 41.8 Å². The van der Waals surface area contributed by atoms with E-state index in [4.69, 9.17) is 0 Å². The highest BCUT2D eigenvalue weighted by Gasteiger charge is 2.28. The van der Waals surface area contributed by atoms with Gasteiger partial charge in [-0.15, -0.1) is 0 Å². The molecule has 0 unspecified atom stereocenters. The van der Waals surface area contributed by atoms with Gasteiger partial charge < -0.3 is 10.6 Å². The minimum atomic E-state index is -0.124. The van der Waals surface area contributed by atoms with Crippen molar-refractivity contribution in [2.75, 3.05) is 13.1 Å². The standard InChI is InChI=1S/C17H21N3O3/c21-15-7-8-16(22)20(15)11-12-3-5-13(6-4-12)17(23)19-14-2-1-9-18-10-14/h3-6,14,18H,1-2,7-11H2,(H,19,23)/t14-/m0/s1. The zero-order valence-electron chi connectivity index (χ0n) is 13.0. The fraction of sp³-hybridized carbons (Fsp3) is 0.471. The predicted octanol–water partition coefficient (Wildman–Crippen LogP) is 0.817. The van der Waals surface area contributed by atoms with Gasteiger partial charge in [-0.2, -0.15) is 0 Å². The van der Waals surface area contributed by atoms with Crippen molar-refractivity contribution in [3.05, 3.63) is 35.4 Å². The molecule has 6 heteroatoms. The highest BCUT2D eigenvalue weighted by Crippen LogP contribution is 2.16. The Morgan fingerprint density at radius 1 is 1.17 bits per heavy atom. The Bertz CT molecular complexity index is 590. The molecule has 2 N–H and O–H groups in total. The second-order valence-electron chi connectivity index (χ2n) is 6.09. The fourth-order valence-electron chi connectivity index (χ4n) is 2.99. The van der Waals surface area contributed by atoms with Crippen LogP contribution in [0.4, 0.5) is 0 Å². The Balaban J connectivity index is 1.59. The summed E-state index contributed by atoms with van der Waals surface area (Å²) in [6.45, 7) is 2.10. The summed E-state index contributed by atoms with van der Waals surface area (Å²) in [4.78, 5) is 36.7. The van der Waals surface area contributed by atoms with E-state index in [1.165, 1.54) is 4.90 Å². The molecular weight excluding hydrogens is 294 g/mol. The van der Waals surface area contributed by atoms with Crippen LogP contribution in [0.25, 0.3) is 0 Å². The minimum absolute atomic E-state index is 0.0847. The second-order valence-corrected chi connectivity index (χ2v) is 6.09. The van der Waals surface area contributed by atoms with E-state index in [9.17, 15) is 14.4 Å². The summed E-state index contributed by atoms with van der Waals surface area (Å²) in [7, 11) is 0. The van der Waals surface area contributed by atoms with Crippen LogP contribution in [0.3, 0.4) is 0 Å². The molecule has 0 aliphatic carbocycles. The average Bonchev–Trinajstić information content (AvgIpc) is 2.88. The van der Waals surface area contributed by atoms with Crippen LogP contribution in [0, 0.1) is 0 Å². The number of hydrogen-bond acceptors (Lipinski definition) is 4. The Hall–Kier alpha value is -2.21. The average molecular weight is 315 g/mol. The van der Waals surface area contributed by atoms with E-state index in [1.807, 2.05) is 0 Å². The van der Waals surface area contributed by atoms with E-state index in [-0.39, 0.29) is 30.3 Å². The molecule has 1 aromatic carbocycles. The van der Waals surface area contributed by atoms with Gasteiger partial charge in [0.2, 0.25) is 11.8 Å². The topological polar surface area (TPSA) is 78.5 Å². The number of carbonyl (C=O) groups excluding carboxylic acids is 3. The van der Waals surface area contributed by atoms with E-state index in [0.717, 1.165) is 31.5 Å². The van der Waals surface area contributed by atoms with Crippen molar-refractivity contribution in [2.24, 2.45) is 0 Å². The van der Waals surface area contributed by atoms with E-state index in [0.29, 0.717) is 18.4 Å². The number of rotatable bonds is 4. The minimum Gasteiger partial charge on any atom is -0.348 e. The summed E-state index contributed by atoms with van der Waals surface area (Å²) in [6, 6.07) is 7.26. The van der Waals surface area contributed by atoms with Crippen LogP contribution in [0.2, 0.25) is 0 Å². The maximum Gasteiger partial charge on any atom is 0.251 e. The van der Waals surface area contributed by atoms with Crippen molar-refractivity contribution in [3.63, 3.8) is 0 Å². The molecule has 0 spiro atoms. The van der Waals surface area contributed by atoms with Crippen molar-refractivity contribution in [3.8, 4) is 0 Å². The Labute approximate surface area is 135 Å². The quantitative estimate of drug-likeness (QED) is 0.806. The molecule has 2 aliphatic heterocycles. The van der Waals surface area contributed by atoms with Crippen LogP contribution in [0.15, 0.2) is 24.3 Å². The van der Waals surface area contributed by atoms with E-state index in [2.05, 4.69) is 10.6 Å². The van der Waals surface area contributed by atoms with Gasteiger partial charge in [-0.1, -0.05) is 12.1 Å². The number of nitrogens with one attached hydrogen (secondary N) is 2. The lowest BCUT2D eigenvalue weighted by Crippen LogP contribution is -2.45. The summed E-state index contributed by atoms with van der Waals surface area (Å²) >= 11 is 0. The molecule has 2 aliphatic rings. The Morgan fingerprint density at radius 3 is 2.48 bits per heavy atom. The lowest BCUT2D eigenvalue weighted by molar-refractivity contribution is -0.139. The summed E-state index contributed by atoms with van der Waals surface area (Å²) < 4.78 is 0. The molecule has 2 fully saturated rings. The predicted molar refractivity (Wildman–Crippen MR) is 84.6 cm³/mol. The largest absolute Gasteiger partial charge is 0.348 e. The molecule has 3 amide bonds. The number of benzene rings is 1. The van der Waals surface area contributed by atoms with Gasteiger partial charge in [-0.25, -0.2) is 0 Å². The molecule has 1 aromatic rings. The second kappa shape index (κ2) is 6.91. The molecule has 23 heavy (non-hydrogen) atoms. The van der Waals surface area contributed by atoms with E-state index < -0.39 is 0 Å². The van der Waals surface area contributed by atoms with Crippen LogP contribution in [0.1, 0.15) is 41.6 Å². The number of piperidine rings is 1. The van der Waals surface area contributed by atoms with Gasteiger partial charge in [-0.05, 0) is 37.1 Å². The van der Waals surface area contributed by atoms with Crippen molar-refractivity contribution in [2.45, 2.75) is 38.3 Å². The lowest BCUT2D eigenvalue weighted by atomic mass is 10.1. The summed E-state index contributed by atoms with van der Waals surface area (Å²) in [5.41, 5.74) is 1.45. The summed E-state index contributed by atoms with van der Waals surface area (Å²) in [6.07, 6.45) is 2.67. The zero-order valence-corrected chi connectivity index (χ0v) is 13.0. The van der Waals surface area contributed by atoms with Crippen molar-refractivity contribution >= 4 is 17.7 Å². The number of carbonyl (C=O) groups is 3. The summed E-state index contributed by atoms with van der Waals surface area (Å²) in [5, 5.41) is 6.29. The van der Waals surface area contributed by atoms with Crippen LogP contribution in [-0.2, 0) is 16.1 Å². The third-order valence-electron chi connectivity index (χ3n) is 4.34. The van der Waals surface area contributed by atoms with Gasteiger partial charge in [0, 0.05) is 31.0 Å². The Kier molecular flexibility index (Phi) is 4.71. The fourth-order valence-corrected chi connectivity index (χ4v) is 2.99. The molecule has 0 saturated carbocycles. The van der Waals surface area contributed by atoms with Crippen molar-refractivity contribution in [1.82, 2.24) is 15.5 Å². The highest BCUT2D eigenvalue weighted by molar-refractivity contribution is 6.01. The van der Waals surface area contributed by atoms with Crippen LogP contribution in [0.5, 0.6) is 0 Å². The molecule has 0 aromatic heterocycles.